The summed E-state index contributed by atoms with van der Waals surface area (Å²) in [5.41, 5.74) is 1.19. The van der Waals surface area contributed by atoms with Crippen molar-refractivity contribution in [2.45, 2.75) is 32.7 Å². The Labute approximate surface area is 79.5 Å². The Morgan fingerprint density at radius 2 is 2.46 bits per heavy atom. The SMILES string of the molecule is C=C(OCOCC)[C@@H]1CCC(C)=N1. The van der Waals surface area contributed by atoms with Gasteiger partial charge in [0, 0.05) is 12.3 Å². The zero-order chi connectivity index (χ0) is 9.68. The van der Waals surface area contributed by atoms with Crippen molar-refractivity contribution in [2.75, 3.05) is 13.4 Å². The number of nitrogens with zero attached hydrogens (tertiary/aromatic N) is 1. The van der Waals surface area contributed by atoms with Crippen LogP contribution in [0.15, 0.2) is 17.3 Å². The summed E-state index contributed by atoms with van der Waals surface area (Å²) in [6.45, 7) is 8.76. The van der Waals surface area contributed by atoms with Crippen molar-refractivity contribution in [3.05, 3.63) is 12.3 Å². The molecule has 0 spiro atoms. The van der Waals surface area contributed by atoms with E-state index in [-0.39, 0.29) is 6.04 Å². The molecule has 1 aliphatic heterocycles. The van der Waals surface area contributed by atoms with Crippen LogP contribution in [-0.2, 0) is 9.47 Å². The van der Waals surface area contributed by atoms with Crippen molar-refractivity contribution in [2.24, 2.45) is 4.99 Å². The van der Waals surface area contributed by atoms with E-state index in [0.29, 0.717) is 13.4 Å². The van der Waals surface area contributed by atoms with E-state index in [1.807, 2.05) is 13.8 Å². The average Bonchev–Trinajstić information content (AvgIpc) is 2.52. The summed E-state index contributed by atoms with van der Waals surface area (Å²) in [5.74, 6) is 0.727. The van der Waals surface area contributed by atoms with Gasteiger partial charge in [0.25, 0.3) is 0 Å². The molecule has 0 aliphatic carbocycles. The summed E-state index contributed by atoms with van der Waals surface area (Å²) in [4.78, 5) is 4.40. The third kappa shape index (κ3) is 3.19. The van der Waals surface area contributed by atoms with E-state index >= 15 is 0 Å². The lowest BCUT2D eigenvalue weighted by molar-refractivity contribution is -0.0215. The van der Waals surface area contributed by atoms with Crippen molar-refractivity contribution in [3.8, 4) is 0 Å². The normalized spacial score (nSPS) is 21.4. The Morgan fingerprint density at radius 1 is 1.69 bits per heavy atom. The highest BCUT2D eigenvalue weighted by atomic mass is 16.7. The molecule has 3 heteroatoms. The lowest BCUT2D eigenvalue weighted by atomic mass is 10.2. The van der Waals surface area contributed by atoms with E-state index in [1.54, 1.807) is 0 Å². The fourth-order valence-electron chi connectivity index (χ4n) is 1.27. The molecule has 1 aliphatic rings. The molecule has 1 heterocycles. The molecule has 3 nitrogen and oxygen atoms in total. The molecule has 0 fully saturated rings. The van der Waals surface area contributed by atoms with Crippen LogP contribution in [0.3, 0.4) is 0 Å². The van der Waals surface area contributed by atoms with E-state index in [4.69, 9.17) is 9.47 Å². The van der Waals surface area contributed by atoms with Crippen molar-refractivity contribution in [1.82, 2.24) is 0 Å². The van der Waals surface area contributed by atoms with Crippen LogP contribution in [0.1, 0.15) is 26.7 Å². The van der Waals surface area contributed by atoms with Gasteiger partial charge in [0.2, 0.25) is 0 Å². The molecule has 0 saturated heterocycles. The first-order valence-corrected chi connectivity index (χ1v) is 4.66. The topological polar surface area (TPSA) is 30.8 Å². The van der Waals surface area contributed by atoms with Gasteiger partial charge in [0.15, 0.2) is 6.79 Å². The van der Waals surface area contributed by atoms with E-state index in [9.17, 15) is 0 Å². The Bertz CT molecular complexity index is 211. The third-order valence-corrected chi connectivity index (χ3v) is 2.06. The highest BCUT2D eigenvalue weighted by Gasteiger charge is 2.18. The predicted octanol–water partition coefficient (Wildman–Crippen LogP) is 2.13. The van der Waals surface area contributed by atoms with Gasteiger partial charge in [-0.05, 0) is 26.7 Å². The molecule has 0 aromatic rings. The van der Waals surface area contributed by atoms with E-state index < -0.39 is 0 Å². The van der Waals surface area contributed by atoms with Crippen LogP contribution in [0.25, 0.3) is 0 Å². The van der Waals surface area contributed by atoms with Gasteiger partial charge in [-0.25, -0.2) is 0 Å². The van der Waals surface area contributed by atoms with Crippen LogP contribution >= 0.6 is 0 Å². The smallest absolute Gasteiger partial charge is 0.188 e. The minimum absolute atomic E-state index is 0.153. The first-order chi connectivity index (χ1) is 6.24. The molecule has 0 aromatic carbocycles. The Hall–Kier alpha value is -0.830. The van der Waals surface area contributed by atoms with Crippen LogP contribution in [0.2, 0.25) is 0 Å². The number of hydrogen-bond donors (Lipinski definition) is 0. The van der Waals surface area contributed by atoms with Gasteiger partial charge in [-0.3, -0.25) is 4.99 Å². The minimum atomic E-state index is 0.153. The maximum Gasteiger partial charge on any atom is 0.188 e. The van der Waals surface area contributed by atoms with Crippen molar-refractivity contribution in [3.63, 3.8) is 0 Å². The van der Waals surface area contributed by atoms with Gasteiger partial charge in [0.1, 0.15) is 11.8 Å². The van der Waals surface area contributed by atoms with E-state index in [2.05, 4.69) is 11.6 Å². The van der Waals surface area contributed by atoms with E-state index in [0.717, 1.165) is 18.6 Å². The molecule has 0 radical (unpaired) electrons. The molecular weight excluding hydrogens is 166 g/mol. The van der Waals surface area contributed by atoms with Gasteiger partial charge >= 0.3 is 0 Å². The minimum Gasteiger partial charge on any atom is -0.470 e. The molecule has 0 unspecified atom stereocenters. The largest absolute Gasteiger partial charge is 0.470 e. The van der Waals surface area contributed by atoms with E-state index in [1.165, 1.54) is 5.71 Å². The number of aliphatic imine (C=N–C) groups is 1. The maximum absolute atomic E-state index is 5.29. The van der Waals surface area contributed by atoms with Crippen molar-refractivity contribution < 1.29 is 9.47 Å². The fraction of sp³-hybridized carbons (Fsp3) is 0.700. The second kappa shape index (κ2) is 5.02. The first-order valence-electron chi connectivity index (χ1n) is 4.66. The number of ether oxygens (including phenoxy) is 2. The molecule has 74 valence electrons. The predicted molar refractivity (Wildman–Crippen MR) is 52.8 cm³/mol. The van der Waals surface area contributed by atoms with Gasteiger partial charge in [-0.2, -0.15) is 0 Å². The first kappa shape index (κ1) is 10.3. The molecule has 0 N–H and O–H groups in total. The molecule has 0 amide bonds. The summed E-state index contributed by atoms with van der Waals surface area (Å²) in [7, 11) is 0. The summed E-state index contributed by atoms with van der Waals surface area (Å²) in [5, 5.41) is 0. The van der Waals surface area contributed by atoms with Crippen LogP contribution in [0.4, 0.5) is 0 Å². The van der Waals surface area contributed by atoms with Crippen LogP contribution in [0, 0.1) is 0 Å². The van der Waals surface area contributed by atoms with Gasteiger partial charge in [0.05, 0.1) is 0 Å². The van der Waals surface area contributed by atoms with Gasteiger partial charge in [-0.1, -0.05) is 6.58 Å². The Balaban J connectivity index is 2.24. The van der Waals surface area contributed by atoms with Crippen LogP contribution < -0.4 is 0 Å². The highest BCUT2D eigenvalue weighted by molar-refractivity contribution is 5.83. The van der Waals surface area contributed by atoms with Crippen LogP contribution in [0.5, 0.6) is 0 Å². The number of rotatable bonds is 5. The molecule has 0 saturated carbocycles. The molecule has 1 atom stereocenters. The summed E-state index contributed by atoms with van der Waals surface area (Å²) >= 11 is 0. The molecule has 1 rings (SSSR count). The zero-order valence-corrected chi connectivity index (χ0v) is 8.38. The zero-order valence-electron chi connectivity index (χ0n) is 8.38. The number of hydrogen-bond acceptors (Lipinski definition) is 3. The van der Waals surface area contributed by atoms with Crippen molar-refractivity contribution in [1.29, 1.82) is 0 Å². The van der Waals surface area contributed by atoms with Crippen molar-refractivity contribution >= 4 is 5.71 Å². The van der Waals surface area contributed by atoms with Crippen LogP contribution in [-0.4, -0.2) is 25.2 Å². The van der Waals surface area contributed by atoms with Gasteiger partial charge in [-0.15, -0.1) is 0 Å². The fourth-order valence-corrected chi connectivity index (χ4v) is 1.27. The molecule has 0 aromatic heterocycles. The second-order valence-corrected chi connectivity index (χ2v) is 3.14. The second-order valence-electron chi connectivity index (χ2n) is 3.14. The lowest BCUT2D eigenvalue weighted by Crippen LogP contribution is -2.09. The lowest BCUT2D eigenvalue weighted by Gasteiger charge is -2.12. The summed E-state index contributed by atoms with van der Waals surface area (Å²) in [6, 6.07) is 0.153. The third-order valence-electron chi connectivity index (χ3n) is 2.06. The Morgan fingerprint density at radius 3 is 3.00 bits per heavy atom. The standard InChI is InChI=1S/C10H17NO2/c1-4-12-7-13-9(3)10-6-5-8(2)11-10/h10H,3-7H2,1-2H3/t10-/m0/s1. The summed E-state index contributed by atoms with van der Waals surface area (Å²) in [6.07, 6.45) is 2.08. The monoisotopic (exact) mass is 183 g/mol. The highest BCUT2D eigenvalue weighted by Crippen LogP contribution is 2.19. The average molecular weight is 183 g/mol. The quantitative estimate of drug-likeness (QED) is 0.371. The molecular formula is C10H17NO2. The molecule has 13 heavy (non-hydrogen) atoms. The van der Waals surface area contributed by atoms with Gasteiger partial charge < -0.3 is 9.47 Å². The molecule has 0 bridgehead atoms. The maximum atomic E-state index is 5.29. The summed E-state index contributed by atoms with van der Waals surface area (Å²) < 4.78 is 10.3. The Kier molecular flexibility index (Phi) is 3.96.